The monoisotopic (exact) mass is 299 g/mol. The predicted molar refractivity (Wildman–Crippen MR) is 86.9 cm³/mol. The van der Waals surface area contributed by atoms with Gasteiger partial charge in [0.15, 0.2) is 11.5 Å². The lowest BCUT2D eigenvalue weighted by Gasteiger charge is -2.17. The molecule has 1 aliphatic carbocycles. The molecule has 22 heavy (non-hydrogen) atoms. The molecule has 1 unspecified atom stereocenters. The van der Waals surface area contributed by atoms with Gasteiger partial charge >= 0.3 is 0 Å². The molecule has 0 spiro atoms. The molecule has 4 heteroatoms. The molecule has 0 amide bonds. The molecule has 3 rings (SSSR count). The van der Waals surface area contributed by atoms with Gasteiger partial charge in [0.2, 0.25) is 5.75 Å². The van der Waals surface area contributed by atoms with Crippen molar-refractivity contribution in [2.75, 3.05) is 21.3 Å². The number of hydrogen-bond acceptors (Lipinski definition) is 4. The van der Waals surface area contributed by atoms with E-state index >= 15 is 0 Å². The van der Waals surface area contributed by atoms with Crippen LogP contribution in [0.4, 0.5) is 0 Å². The molecule has 116 valence electrons. The van der Waals surface area contributed by atoms with Gasteiger partial charge in [0.05, 0.1) is 27.4 Å². The lowest BCUT2D eigenvalue weighted by atomic mass is 10.0. The van der Waals surface area contributed by atoms with E-state index in [1.807, 2.05) is 6.07 Å². The molecule has 0 heterocycles. The summed E-state index contributed by atoms with van der Waals surface area (Å²) in [6, 6.07) is 8.21. The van der Waals surface area contributed by atoms with Gasteiger partial charge in [-0.15, -0.1) is 0 Å². The molecule has 2 aromatic carbocycles. The van der Waals surface area contributed by atoms with Crippen molar-refractivity contribution >= 4 is 0 Å². The smallest absolute Gasteiger partial charge is 0.203 e. The van der Waals surface area contributed by atoms with Crippen LogP contribution in [0.1, 0.15) is 29.7 Å². The Morgan fingerprint density at radius 3 is 2.27 bits per heavy atom. The predicted octanol–water partition coefficient (Wildman–Crippen LogP) is 3.30. The van der Waals surface area contributed by atoms with Crippen molar-refractivity contribution in [1.29, 1.82) is 0 Å². The quantitative estimate of drug-likeness (QED) is 0.941. The molecule has 0 aromatic heterocycles. The van der Waals surface area contributed by atoms with Crippen molar-refractivity contribution in [2.24, 2.45) is 5.73 Å². The van der Waals surface area contributed by atoms with Crippen molar-refractivity contribution in [3.05, 3.63) is 41.0 Å². The molecule has 0 aliphatic heterocycles. The molecule has 1 aliphatic rings. The molecule has 0 bridgehead atoms. The Morgan fingerprint density at radius 1 is 0.955 bits per heavy atom. The van der Waals surface area contributed by atoms with Crippen molar-refractivity contribution in [1.82, 2.24) is 0 Å². The summed E-state index contributed by atoms with van der Waals surface area (Å²) >= 11 is 0. The largest absolute Gasteiger partial charge is 0.493 e. The molecule has 0 saturated heterocycles. The highest BCUT2D eigenvalue weighted by Crippen LogP contribution is 2.54. The Hall–Kier alpha value is -2.20. The lowest BCUT2D eigenvalue weighted by Crippen LogP contribution is -2.09. The van der Waals surface area contributed by atoms with Gasteiger partial charge < -0.3 is 19.9 Å². The summed E-state index contributed by atoms with van der Waals surface area (Å²) in [7, 11) is 4.87. The van der Waals surface area contributed by atoms with Crippen LogP contribution in [0.5, 0.6) is 17.2 Å². The maximum absolute atomic E-state index is 6.47. The van der Waals surface area contributed by atoms with Crippen LogP contribution in [0, 0.1) is 0 Å². The zero-order chi connectivity index (χ0) is 15.9. The summed E-state index contributed by atoms with van der Waals surface area (Å²) in [6.45, 7) is 2.14. The van der Waals surface area contributed by atoms with E-state index in [9.17, 15) is 0 Å². The second-order valence-electron chi connectivity index (χ2n) is 5.36. The number of methoxy groups -OCH3 is 3. The Labute approximate surface area is 130 Å². The van der Waals surface area contributed by atoms with Crippen LogP contribution in [0.3, 0.4) is 0 Å². The number of ether oxygens (including phenoxy) is 3. The maximum Gasteiger partial charge on any atom is 0.203 e. The summed E-state index contributed by atoms with van der Waals surface area (Å²) in [5, 5.41) is 0. The van der Waals surface area contributed by atoms with Crippen LogP contribution in [0.25, 0.3) is 11.1 Å². The normalized spacial score (nSPS) is 15.2. The summed E-state index contributed by atoms with van der Waals surface area (Å²) < 4.78 is 16.5. The van der Waals surface area contributed by atoms with Crippen LogP contribution in [0.2, 0.25) is 0 Å². The molecular weight excluding hydrogens is 278 g/mol. The number of aryl methyl sites for hydroxylation is 1. The Kier molecular flexibility index (Phi) is 3.71. The van der Waals surface area contributed by atoms with Crippen LogP contribution >= 0.6 is 0 Å². The Balaban J connectivity index is 2.31. The first-order valence-electron chi connectivity index (χ1n) is 7.37. The molecule has 0 radical (unpaired) electrons. The van der Waals surface area contributed by atoms with E-state index in [0.717, 1.165) is 28.7 Å². The van der Waals surface area contributed by atoms with E-state index in [4.69, 9.17) is 19.9 Å². The number of hydrogen-bond donors (Lipinski definition) is 1. The summed E-state index contributed by atoms with van der Waals surface area (Å²) in [5.41, 5.74) is 12.0. The Morgan fingerprint density at radius 2 is 1.68 bits per heavy atom. The number of rotatable bonds is 4. The minimum Gasteiger partial charge on any atom is -0.493 e. The standard InChI is InChI=1S/C18H21NO3/c1-5-10-6-7-11-12(8-10)16(19)13-9-14(20-2)17(21-3)18(22-4)15(11)13/h6-9,16H,5,19H2,1-4H3. The second-order valence-corrected chi connectivity index (χ2v) is 5.36. The van der Waals surface area contributed by atoms with Crippen LogP contribution < -0.4 is 19.9 Å². The second kappa shape index (κ2) is 5.54. The van der Waals surface area contributed by atoms with Gasteiger partial charge in [0.25, 0.3) is 0 Å². The topological polar surface area (TPSA) is 53.7 Å². The van der Waals surface area contributed by atoms with Gasteiger partial charge in [0, 0.05) is 5.56 Å². The summed E-state index contributed by atoms with van der Waals surface area (Å²) in [6.07, 6.45) is 0.986. The highest BCUT2D eigenvalue weighted by Gasteiger charge is 2.32. The van der Waals surface area contributed by atoms with E-state index in [1.165, 1.54) is 5.56 Å². The third-order valence-electron chi connectivity index (χ3n) is 4.32. The molecule has 2 aromatic rings. The average Bonchev–Trinajstić information content (AvgIpc) is 2.84. The third kappa shape index (κ3) is 1.95. The Bertz CT molecular complexity index is 725. The molecule has 4 nitrogen and oxygen atoms in total. The number of fused-ring (bicyclic) bond motifs is 3. The number of nitrogens with two attached hydrogens (primary N) is 1. The fourth-order valence-corrected chi connectivity index (χ4v) is 3.18. The van der Waals surface area contributed by atoms with E-state index in [2.05, 4.69) is 25.1 Å². The van der Waals surface area contributed by atoms with Crippen LogP contribution in [-0.2, 0) is 6.42 Å². The highest BCUT2D eigenvalue weighted by atomic mass is 16.5. The van der Waals surface area contributed by atoms with Gasteiger partial charge in [-0.25, -0.2) is 0 Å². The zero-order valence-corrected chi connectivity index (χ0v) is 13.4. The highest BCUT2D eigenvalue weighted by molar-refractivity contribution is 5.87. The van der Waals surface area contributed by atoms with E-state index in [1.54, 1.807) is 21.3 Å². The summed E-state index contributed by atoms with van der Waals surface area (Å²) in [4.78, 5) is 0. The van der Waals surface area contributed by atoms with Gasteiger partial charge in [-0.1, -0.05) is 25.1 Å². The van der Waals surface area contributed by atoms with Crippen LogP contribution in [0.15, 0.2) is 24.3 Å². The minimum absolute atomic E-state index is 0.176. The zero-order valence-electron chi connectivity index (χ0n) is 13.4. The first-order valence-corrected chi connectivity index (χ1v) is 7.37. The summed E-state index contributed by atoms with van der Waals surface area (Å²) in [5.74, 6) is 1.91. The minimum atomic E-state index is -0.176. The molecule has 1 atom stereocenters. The fourth-order valence-electron chi connectivity index (χ4n) is 3.18. The van der Waals surface area contributed by atoms with Gasteiger partial charge in [-0.05, 0) is 34.7 Å². The van der Waals surface area contributed by atoms with E-state index < -0.39 is 0 Å². The maximum atomic E-state index is 6.47. The van der Waals surface area contributed by atoms with Gasteiger partial charge in [-0.2, -0.15) is 0 Å². The van der Waals surface area contributed by atoms with Crippen LogP contribution in [-0.4, -0.2) is 21.3 Å². The first kappa shape index (κ1) is 14.7. The van der Waals surface area contributed by atoms with Crippen molar-refractivity contribution in [2.45, 2.75) is 19.4 Å². The van der Waals surface area contributed by atoms with E-state index in [-0.39, 0.29) is 6.04 Å². The van der Waals surface area contributed by atoms with Gasteiger partial charge in [0.1, 0.15) is 0 Å². The molecule has 2 N–H and O–H groups in total. The first-order chi connectivity index (χ1) is 10.7. The molecule has 0 fully saturated rings. The molecule has 0 saturated carbocycles. The van der Waals surface area contributed by atoms with E-state index in [0.29, 0.717) is 17.2 Å². The van der Waals surface area contributed by atoms with Gasteiger partial charge in [-0.3, -0.25) is 0 Å². The third-order valence-corrected chi connectivity index (χ3v) is 4.32. The number of benzene rings is 2. The van der Waals surface area contributed by atoms with Crippen molar-refractivity contribution in [3.8, 4) is 28.4 Å². The lowest BCUT2D eigenvalue weighted by molar-refractivity contribution is 0.325. The fraction of sp³-hybridized carbons (Fsp3) is 0.333. The average molecular weight is 299 g/mol. The van der Waals surface area contributed by atoms with Crippen molar-refractivity contribution < 1.29 is 14.2 Å². The van der Waals surface area contributed by atoms with Crippen molar-refractivity contribution in [3.63, 3.8) is 0 Å². The molecular formula is C18H21NO3. The SMILES string of the molecule is CCc1ccc2c(c1)C(N)c1cc(OC)c(OC)c(OC)c1-2.